The van der Waals surface area contributed by atoms with Crippen LogP contribution in [-0.2, 0) is 0 Å². The number of thiophene rings is 1. The van der Waals surface area contributed by atoms with Crippen LogP contribution in [0.5, 0.6) is 5.75 Å². The number of nitrogens with zero attached hydrogens (tertiary/aromatic N) is 1. The summed E-state index contributed by atoms with van der Waals surface area (Å²) in [7, 11) is 0. The molecule has 1 aromatic heterocycles. The van der Waals surface area contributed by atoms with Crippen LogP contribution in [-0.4, -0.2) is 5.11 Å². The van der Waals surface area contributed by atoms with Crippen molar-refractivity contribution in [1.29, 1.82) is 5.26 Å². The van der Waals surface area contributed by atoms with Crippen molar-refractivity contribution in [3.05, 3.63) is 23.1 Å². The normalized spacial score (nSPS) is 10.1. The third-order valence-corrected chi connectivity index (χ3v) is 2.84. The molecule has 1 heterocycles. The van der Waals surface area contributed by atoms with Crippen LogP contribution in [0.1, 0.15) is 4.88 Å². The average Bonchev–Trinajstić information content (AvgIpc) is 2.42. The standard InChI is InChI=1S/C9H6N2OS/c10-4-8-9(12)6-2-1-5(11)3-7(6)13-8/h1-3,12H,11H2. The van der Waals surface area contributed by atoms with Gasteiger partial charge in [0, 0.05) is 15.8 Å². The van der Waals surface area contributed by atoms with Gasteiger partial charge in [0.25, 0.3) is 0 Å². The maximum absolute atomic E-state index is 9.53. The molecular weight excluding hydrogens is 184 g/mol. The Morgan fingerprint density at radius 1 is 1.46 bits per heavy atom. The molecular formula is C9H6N2OS. The first-order valence-electron chi connectivity index (χ1n) is 3.63. The van der Waals surface area contributed by atoms with Crippen molar-refractivity contribution < 1.29 is 5.11 Å². The fourth-order valence-electron chi connectivity index (χ4n) is 1.18. The monoisotopic (exact) mass is 190 g/mol. The molecule has 0 spiro atoms. The van der Waals surface area contributed by atoms with Crippen molar-refractivity contribution in [1.82, 2.24) is 0 Å². The molecule has 2 aromatic rings. The predicted octanol–water partition coefficient (Wildman–Crippen LogP) is 2.06. The lowest BCUT2D eigenvalue weighted by atomic mass is 10.2. The van der Waals surface area contributed by atoms with Gasteiger partial charge in [-0.3, -0.25) is 0 Å². The van der Waals surface area contributed by atoms with E-state index in [0.717, 1.165) is 4.70 Å². The van der Waals surface area contributed by atoms with E-state index >= 15 is 0 Å². The van der Waals surface area contributed by atoms with Crippen LogP contribution in [0.25, 0.3) is 10.1 Å². The number of anilines is 1. The molecule has 1 aromatic carbocycles. The van der Waals surface area contributed by atoms with E-state index in [-0.39, 0.29) is 5.75 Å². The molecule has 0 bridgehead atoms. The summed E-state index contributed by atoms with van der Waals surface area (Å²) in [5.41, 5.74) is 6.20. The van der Waals surface area contributed by atoms with Gasteiger partial charge in [-0.1, -0.05) is 0 Å². The molecule has 0 aliphatic rings. The highest BCUT2D eigenvalue weighted by molar-refractivity contribution is 7.20. The molecule has 3 N–H and O–H groups in total. The molecule has 0 aliphatic heterocycles. The van der Waals surface area contributed by atoms with Crippen molar-refractivity contribution in [2.24, 2.45) is 0 Å². The number of rotatable bonds is 0. The molecule has 0 atom stereocenters. The first-order chi connectivity index (χ1) is 6.22. The van der Waals surface area contributed by atoms with E-state index in [0.29, 0.717) is 16.0 Å². The lowest BCUT2D eigenvalue weighted by Crippen LogP contribution is -1.80. The minimum Gasteiger partial charge on any atom is -0.505 e. The maximum Gasteiger partial charge on any atom is 0.152 e. The highest BCUT2D eigenvalue weighted by atomic mass is 32.1. The third kappa shape index (κ3) is 1.10. The number of hydrogen-bond acceptors (Lipinski definition) is 4. The summed E-state index contributed by atoms with van der Waals surface area (Å²) in [5.74, 6) is 0.0579. The molecule has 4 heteroatoms. The van der Waals surface area contributed by atoms with E-state index in [9.17, 15) is 5.11 Å². The van der Waals surface area contributed by atoms with Crippen molar-refractivity contribution >= 4 is 27.1 Å². The molecule has 3 nitrogen and oxygen atoms in total. The highest BCUT2D eigenvalue weighted by Crippen LogP contribution is 2.36. The minimum absolute atomic E-state index is 0.0579. The van der Waals surface area contributed by atoms with Gasteiger partial charge >= 0.3 is 0 Å². The van der Waals surface area contributed by atoms with Gasteiger partial charge in [-0.25, -0.2) is 0 Å². The topological polar surface area (TPSA) is 70.0 Å². The number of fused-ring (bicyclic) bond motifs is 1. The minimum atomic E-state index is 0.0579. The van der Waals surface area contributed by atoms with Crippen LogP contribution in [0.2, 0.25) is 0 Å². The second-order valence-corrected chi connectivity index (χ2v) is 3.70. The van der Waals surface area contributed by atoms with Crippen molar-refractivity contribution in [2.45, 2.75) is 0 Å². The van der Waals surface area contributed by atoms with Gasteiger partial charge in [-0.2, -0.15) is 5.26 Å². The largest absolute Gasteiger partial charge is 0.505 e. The first kappa shape index (κ1) is 7.90. The van der Waals surface area contributed by atoms with Crippen LogP contribution in [0, 0.1) is 11.3 Å². The summed E-state index contributed by atoms with van der Waals surface area (Å²) in [6.07, 6.45) is 0. The lowest BCUT2D eigenvalue weighted by molar-refractivity contribution is 0.482. The summed E-state index contributed by atoms with van der Waals surface area (Å²) < 4.78 is 0.842. The Labute approximate surface area is 78.6 Å². The Balaban J connectivity index is 2.86. The highest BCUT2D eigenvalue weighted by Gasteiger charge is 2.09. The second kappa shape index (κ2) is 2.64. The zero-order valence-corrected chi connectivity index (χ0v) is 7.43. The summed E-state index contributed by atoms with van der Waals surface area (Å²) in [4.78, 5) is 0.334. The van der Waals surface area contributed by atoms with Crippen LogP contribution >= 0.6 is 11.3 Å². The van der Waals surface area contributed by atoms with E-state index in [1.807, 2.05) is 6.07 Å². The van der Waals surface area contributed by atoms with E-state index in [2.05, 4.69) is 0 Å². The smallest absolute Gasteiger partial charge is 0.152 e. The Morgan fingerprint density at radius 2 is 2.23 bits per heavy atom. The second-order valence-electron chi connectivity index (χ2n) is 2.65. The zero-order valence-electron chi connectivity index (χ0n) is 6.61. The Hall–Kier alpha value is -1.73. The summed E-state index contributed by atoms with van der Waals surface area (Å²) in [5, 5.41) is 18.9. The first-order valence-corrected chi connectivity index (χ1v) is 4.45. The van der Waals surface area contributed by atoms with Gasteiger partial charge < -0.3 is 10.8 Å². The predicted molar refractivity (Wildman–Crippen MR) is 52.6 cm³/mol. The molecule has 0 radical (unpaired) electrons. The Morgan fingerprint density at radius 3 is 2.92 bits per heavy atom. The van der Waals surface area contributed by atoms with Crippen LogP contribution in [0.15, 0.2) is 18.2 Å². The Bertz CT molecular complexity index is 510. The molecule has 0 fully saturated rings. The quantitative estimate of drug-likeness (QED) is 0.624. The molecule has 0 saturated heterocycles. The van der Waals surface area contributed by atoms with Crippen LogP contribution in [0.3, 0.4) is 0 Å². The molecule has 0 saturated carbocycles. The van der Waals surface area contributed by atoms with Crippen molar-refractivity contribution in [3.8, 4) is 11.8 Å². The summed E-state index contributed by atoms with van der Waals surface area (Å²) in [6.45, 7) is 0. The molecule has 13 heavy (non-hydrogen) atoms. The van der Waals surface area contributed by atoms with Crippen LogP contribution in [0.4, 0.5) is 5.69 Å². The number of nitrogen functional groups attached to an aromatic ring is 1. The summed E-state index contributed by atoms with van der Waals surface area (Å²) in [6, 6.07) is 7.11. The van der Waals surface area contributed by atoms with Gasteiger partial charge in [-0.05, 0) is 18.2 Å². The molecule has 0 aliphatic carbocycles. The van der Waals surface area contributed by atoms with Gasteiger partial charge in [-0.15, -0.1) is 11.3 Å². The van der Waals surface area contributed by atoms with E-state index in [1.165, 1.54) is 11.3 Å². The summed E-state index contributed by atoms with van der Waals surface area (Å²) >= 11 is 1.25. The number of nitrogens with two attached hydrogens (primary N) is 1. The third-order valence-electron chi connectivity index (χ3n) is 1.79. The zero-order chi connectivity index (χ0) is 9.42. The number of aromatic hydroxyl groups is 1. The SMILES string of the molecule is N#Cc1sc2cc(N)ccc2c1O. The average molecular weight is 190 g/mol. The van der Waals surface area contributed by atoms with Gasteiger partial charge in [0.15, 0.2) is 5.75 Å². The number of benzene rings is 1. The van der Waals surface area contributed by atoms with Crippen molar-refractivity contribution in [2.75, 3.05) is 5.73 Å². The molecule has 64 valence electrons. The lowest BCUT2D eigenvalue weighted by Gasteiger charge is -1.92. The number of hydrogen-bond donors (Lipinski definition) is 2. The van der Waals surface area contributed by atoms with Gasteiger partial charge in [0.2, 0.25) is 0 Å². The van der Waals surface area contributed by atoms with E-state index in [1.54, 1.807) is 18.2 Å². The van der Waals surface area contributed by atoms with Gasteiger partial charge in [0.05, 0.1) is 0 Å². The fourth-order valence-corrected chi connectivity index (χ4v) is 2.12. The van der Waals surface area contributed by atoms with E-state index in [4.69, 9.17) is 11.0 Å². The van der Waals surface area contributed by atoms with Crippen LogP contribution < -0.4 is 5.73 Å². The van der Waals surface area contributed by atoms with Crippen molar-refractivity contribution in [3.63, 3.8) is 0 Å². The van der Waals surface area contributed by atoms with Gasteiger partial charge in [0.1, 0.15) is 10.9 Å². The van der Waals surface area contributed by atoms with E-state index < -0.39 is 0 Å². The molecule has 0 unspecified atom stereocenters. The molecule has 0 amide bonds. The Kier molecular flexibility index (Phi) is 1.61. The molecule has 2 rings (SSSR count). The number of nitriles is 1. The maximum atomic E-state index is 9.53. The fraction of sp³-hybridized carbons (Fsp3) is 0.